The summed E-state index contributed by atoms with van der Waals surface area (Å²) in [4.78, 5) is 15.3. The quantitative estimate of drug-likeness (QED) is 0.621. The van der Waals surface area contributed by atoms with Gasteiger partial charge in [-0.3, -0.25) is 0 Å². The van der Waals surface area contributed by atoms with Crippen LogP contribution in [-0.4, -0.2) is 71.0 Å². The number of hydrogen-bond donors (Lipinski definition) is 2. The molecule has 0 bridgehead atoms. The lowest BCUT2D eigenvalue weighted by atomic mass is 10.3. The van der Waals surface area contributed by atoms with Crippen molar-refractivity contribution in [2.24, 2.45) is 0 Å². The van der Waals surface area contributed by atoms with E-state index in [2.05, 4.69) is 19.9 Å². The van der Waals surface area contributed by atoms with Crippen LogP contribution in [0.15, 0.2) is 24.8 Å². The molecule has 0 spiro atoms. The Labute approximate surface area is 164 Å². The summed E-state index contributed by atoms with van der Waals surface area (Å²) in [6, 6.07) is 0. The van der Waals surface area contributed by atoms with Crippen molar-refractivity contribution in [2.45, 2.75) is 26.1 Å². The number of aryl methyl sites for hydroxylation is 2. The smallest absolute Gasteiger partial charge is 0.157 e. The molecule has 0 aliphatic heterocycles. The SMILES string of the molecule is Cc1cnc([C@@H](O)CS(C)(=O)=O)nc1.Cc1cnc([C@H](O)CS(C)(=O)=O)nc1. The highest BCUT2D eigenvalue weighted by Gasteiger charge is 2.17. The van der Waals surface area contributed by atoms with Crippen LogP contribution in [0.2, 0.25) is 0 Å². The first-order valence-electron chi connectivity index (χ1n) is 8.05. The molecular formula is C16H24N4O6S2. The summed E-state index contributed by atoms with van der Waals surface area (Å²) in [6.07, 6.45) is 5.97. The number of hydrogen-bond acceptors (Lipinski definition) is 10. The molecule has 12 heteroatoms. The van der Waals surface area contributed by atoms with Crippen LogP contribution >= 0.6 is 0 Å². The number of nitrogens with zero attached hydrogens (tertiary/aromatic N) is 4. The van der Waals surface area contributed by atoms with E-state index in [1.165, 1.54) is 24.8 Å². The summed E-state index contributed by atoms with van der Waals surface area (Å²) < 4.78 is 43.5. The zero-order chi connectivity index (χ0) is 21.5. The molecule has 0 radical (unpaired) electrons. The number of aromatic nitrogens is 4. The molecule has 2 atom stereocenters. The molecule has 2 rings (SSSR count). The molecule has 10 nitrogen and oxygen atoms in total. The van der Waals surface area contributed by atoms with E-state index in [4.69, 9.17) is 0 Å². The maximum absolute atomic E-state index is 10.9. The zero-order valence-corrected chi connectivity index (χ0v) is 17.6. The zero-order valence-electron chi connectivity index (χ0n) is 16.0. The Morgan fingerprint density at radius 2 is 0.964 bits per heavy atom. The van der Waals surface area contributed by atoms with Gasteiger partial charge in [-0.1, -0.05) is 0 Å². The molecule has 2 N–H and O–H groups in total. The van der Waals surface area contributed by atoms with E-state index in [0.29, 0.717) is 0 Å². The van der Waals surface area contributed by atoms with Crippen LogP contribution < -0.4 is 0 Å². The molecule has 2 aromatic heterocycles. The molecule has 0 aromatic carbocycles. The summed E-state index contributed by atoms with van der Waals surface area (Å²) >= 11 is 0. The van der Waals surface area contributed by atoms with Crippen LogP contribution in [-0.2, 0) is 19.7 Å². The second-order valence-corrected chi connectivity index (χ2v) is 10.8. The molecule has 0 aliphatic carbocycles. The van der Waals surface area contributed by atoms with E-state index >= 15 is 0 Å². The van der Waals surface area contributed by atoms with Gasteiger partial charge in [-0.2, -0.15) is 0 Å². The van der Waals surface area contributed by atoms with E-state index in [9.17, 15) is 27.0 Å². The minimum Gasteiger partial charge on any atom is -0.384 e. The molecule has 0 saturated carbocycles. The van der Waals surface area contributed by atoms with Gasteiger partial charge in [0.25, 0.3) is 0 Å². The Balaban J connectivity index is 0.000000280. The lowest BCUT2D eigenvalue weighted by Crippen LogP contribution is -2.15. The fourth-order valence-corrected chi connectivity index (χ4v) is 3.32. The molecule has 0 saturated heterocycles. The Bertz CT molecular complexity index is 880. The predicted molar refractivity (Wildman–Crippen MR) is 103 cm³/mol. The molecule has 0 unspecified atom stereocenters. The Kier molecular flexibility index (Phi) is 8.54. The molecule has 0 fully saturated rings. The topological polar surface area (TPSA) is 160 Å². The van der Waals surface area contributed by atoms with Crippen molar-refractivity contribution in [3.63, 3.8) is 0 Å². The highest BCUT2D eigenvalue weighted by Crippen LogP contribution is 2.10. The van der Waals surface area contributed by atoms with Gasteiger partial charge < -0.3 is 10.2 Å². The molecule has 2 heterocycles. The second kappa shape index (κ2) is 9.96. The second-order valence-electron chi connectivity index (χ2n) is 6.45. The third kappa shape index (κ3) is 9.78. The van der Waals surface area contributed by atoms with E-state index in [0.717, 1.165) is 23.6 Å². The maximum Gasteiger partial charge on any atom is 0.157 e. The lowest BCUT2D eigenvalue weighted by Gasteiger charge is -2.07. The summed E-state index contributed by atoms with van der Waals surface area (Å²) in [5.41, 5.74) is 1.72. The molecule has 0 amide bonds. The van der Waals surface area contributed by atoms with Crippen molar-refractivity contribution in [1.29, 1.82) is 0 Å². The van der Waals surface area contributed by atoms with E-state index in [1.807, 2.05) is 13.8 Å². The van der Waals surface area contributed by atoms with E-state index in [-0.39, 0.29) is 23.2 Å². The maximum atomic E-state index is 10.9. The Morgan fingerprint density at radius 1 is 0.714 bits per heavy atom. The number of rotatable bonds is 6. The van der Waals surface area contributed by atoms with Gasteiger partial charge in [0, 0.05) is 37.3 Å². The molecular weight excluding hydrogens is 408 g/mol. The van der Waals surface area contributed by atoms with Gasteiger partial charge in [0.1, 0.15) is 31.9 Å². The van der Waals surface area contributed by atoms with Crippen LogP contribution in [0.5, 0.6) is 0 Å². The van der Waals surface area contributed by atoms with Crippen LogP contribution in [0, 0.1) is 13.8 Å². The van der Waals surface area contributed by atoms with Gasteiger partial charge in [0.2, 0.25) is 0 Å². The highest BCUT2D eigenvalue weighted by molar-refractivity contribution is 7.90. The number of aliphatic hydroxyl groups is 2. The van der Waals surface area contributed by atoms with Gasteiger partial charge in [0.05, 0.1) is 11.5 Å². The van der Waals surface area contributed by atoms with Gasteiger partial charge in [-0.25, -0.2) is 36.8 Å². The highest BCUT2D eigenvalue weighted by atomic mass is 32.2. The summed E-state index contributed by atoms with van der Waals surface area (Å²) in [7, 11) is -6.42. The van der Waals surface area contributed by atoms with E-state index in [1.54, 1.807) is 0 Å². The first-order valence-corrected chi connectivity index (χ1v) is 12.2. The van der Waals surface area contributed by atoms with Crippen LogP contribution in [0.4, 0.5) is 0 Å². The standard InChI is InChI=1S/2C8H12N2O3S/c2*1-6-3-9-8(10-4-6)7(11)5-14(2,12)13/h2*3-4,7,11H,5H2,1-2H3/t2*7-/m10/s1. The third-order valence-electron chi connectivity index (χ3n) is 3.12. The predicted octanol–water partition coefficient (Wildman–Crippen LogP) is -0.274. The summed E-state index contributed by atoms with van der Waals surface area (Å²) in [5, 5.41) is 18.9. The van der Waals surface area contributed by atoms with E-state index < -0.39 is 31.9 Å². The first-order chi connectivity index (χ1) is 12.8. The van der Waals surface area contributed by atoms with Crippen LogP contribution in [0.3, 0.4) is 0 Å². The first kappa shape index (κ1) is 24.0. The lowest BCUT2D eigenvalue weighted by molar-refractivity contribution is 0.191. The number of sulfone groups is 2. The Morgan fingerprint density at radius 3 is 1.18 bits per heavy atom. The van der Waals surface area contributed by atoms with Gasteiger partial charge >= 0.3 is 0 Å². The Hall–Kier alpha value is -2.02. The van der Waals surface area contributed by atoms with Crippen LogP contribution in [0.1, 0.15) is 35.0 Å². The van der Waals surface area contributed by atoms with Crippen molar-refractivity contribution < 1.29 is 27.0 Å². The molecule has 28 heavy (non-hydrogen) atoms. The van der Waals surface area contributed by atoms with Gasteiger partial charge in [-0.15, -0.1) is 0 Å². The minimum atomic E-state index is -3.21. The summed E-state index contributed by atoms with van der Waals surface area (Å²) in [6.45, 7) is 3.62. The molecule has 156 valence electrons. The van der Waals surface area contributed by atoms with Crippen molar-refractivity contribution in [3.8, 4) is 0 Å². The minimum absolute atomic E-state index is 0.140. The average Bonchev–Trinajstić information content (AvgIpc) is 2.53. The van der Waals surface area contributed by atoms with Gasteiger partial charge in [-0.05, 0) is 25.0 Å². The largest absolute Gasteiger partial charge is 0.384 e. The van der Waals surface area contributed by atoms with Crippen molar-refractivity contribution in [3.05, 3.63) is 47.6 Å². The molecule has 2 aromatic rings. The monoisotopic (exact) mass is 432 g/mol. The fourth-order valence-electron chi connectivity index (χ4n) is 1.87. The average molecular weight is 433 g/mol. The van der Waals surface area contributed by atoms with Crippen molar-refractivity contribution in [2.75, 3.05) is 24.0 Å². The summed E-state index contributed by atoms with van der Waals surface area (Å²) in [5.74, 6) is -0.423. The normalized spacial score (nSPS) is 13.9. The van der Waals surface area contributed by atoms with Crippen molar-refractivity contribution in [1.82, 2.24) is 19.9 Å². The van der Waals surface area contributed by atoms with Gasteiger partial charge in [0.15, 0.2) is 11.6 Å². The number of aliphatic hydroxyl groups excluding tert-OH is 2. The van der Waals surface area contributed by atoms with Crippen molar-refractivity contribution >= 4 is 19.7 Å². The van der Waals surface area contributed by atoms with Crippen LogP contribution in [0.25, 0.3) is 0 Å². The fraction of sp³-hybridized carbons (Fsp3) is 0.500. The molecule has 0 aliphatic rings. The third-order valence-corrected chi connectivity index (χ3v) is 4.96.